The van der Waals surface area contributed by atoms with E-state index in [-0.39, 0.29) is 5.75 Å². The van der Waals surface area contributed by atoms with E-state index in [1.54, 1.807) is 18.2 Å². The maximum Gasteiger partial charge on any atom is 0.132 e. The zero-order valence-electron chi connectivity index (χ0n) is 8.59. The predicted molar refractivity (Wildman–Crippen MR) is 61.8 cm³/mol. The number of phenols is 1. The first-order valence-electron chi connectivity index (χ1n) is 4.80. The zero-order valence-corrected chi connectivity index (χ0v) is 8.59. The van der Waals surface area contributed by atoms with Crippen LogP contribution in [0.15, 0.2) is 30.6 Å². The fourth-order valence-corrected chi connectivity index (χ4v) is 1.47. The summed E-state index contributed by atoms with van der Waals surface area (Å²) in [5.41, 5.74) is 12.8. The van der Waals surface area contributed by atoms with Crippen molar-refractivity contribution in [1.29, 1.82) is 0 Å². The highest BCUT2D eigenvalue weighted by Gasteiger charge is 2.09. The molecule has 0 saturated heterocycles. The normalized spacial score (nSPS) is 10.2. The van der Waals surface area contributed by atoms with Crippen LogP contribution in [0.4, 0.5) is 11.6 Å². The minimum Gasteiger partial charge on any atom is -0.508 e. The molecule has 5 heteroatoms. The highest BCUT2D eigenvalue weighted by atomic mass is 16.3. The number of nitrogens with zero attached hydrogens (tertiary/aromatic N) is 2. The Bertz CT molecular complexity index is 493. The zero-order chi connectivity index (χ0) is 11.5. The summed E-state index contributed by atoms with van der Waals surface area (Å²) in [7, 11) is 0. The Hall–Kier alpha value is -2.30. The molecule has 82 valence electrons. The number of aromatic hydroxyl groups is 1. The Balaban J connectivity index is 2.38. The molecule has 0 amide bonds. The van der Waals surface area contributed by atoms with E-state index in [9.17, 15) is 5.11 Å². The maximum absolute atomic E-state index is 9.63. The number of aromatic nitrogens is 2. The van der Waals surface area contributed by atoms with Crippen LogP contribution in [0.3, 0.4) is 0 Å². The van der Waals surface area contributed by atoms with Gasteiger partial charge in [0.2, 0.25) is 0 Å². The lowest BCUT2D eigenvalue weighted by Crippen LogP contribution is -2.05. The van der Waals surface area contributed by atoms with Crippen molar-refractivity contribution in [2.24, 2.45) is 0 Å². The fourth-order valence-electron chi connectivity index (χ4n) is 1.47. The van der Waals surface area contributed by atoms with Crippen molar-refractivity contribution in [2.45, 2.75) is 6.42 Å². The van der Waals surface area contributed by atoms with Gasteiger partial charge >= 0.3 is 0 Å². The average molecular weight is 216 g/mol. The maximum atomic E-state index is 9.63. The van der Waals surface area contributed by atoms with E-state index >= 15 is 0 Å². The van der Waals surface area contributed by atoms with Gasteiger partial charge in [-0.2, -0.15) is 0 Å². The van der Waals surface area contributed by atoms with Gasteiger partial charge in [0, 0.05) is 12.0 Å². The van der Waals surface area contributed by atoms with E-state index < -0.39 is 0 Å². The van der Waals surface area contributed by atoms with E-state index in [1.807, 2.05) is 6.07 Å². The Morgan fingerprint density at radius 2 is 1.69 bits per heavy atom. The average Bonchev–Trinajstić information content (AvgIpc) is 2.26. The van der Waals surface area contributed by atoms with E-state index in [4.69, 9.17) is 11.5 Å². The second-order valence-corrected chi connectivity index (χ2v) is 3.43. The summed E-state index contributed by atoms with van der Waals surface area (Å²) >= 11 is 0. The van der Waals surface area contributed by atoms with Gasteiger partial charge in [0.15, 0.2) is 0 Å². The second kappa shape index (κ2) is 4.06. The number of nitrogens with two attached hydrogens (primary N) is 2. The summed E-state index contributed by atoms with van der Waals surface area (Å²) in [5.74, 6) is 0.900. The number of hydrogen-bond donors (Lipinski definition) is 3. The van der Waals surface area contributed by atoms with Gasteiger partial charge in [-0.15, -0.1) is 0 Å². The lowest BCUT2D eigenvalue weighted by atomic mass is 10.1. The highest BCUT2D eigenvalue weighted by Crippen LogP contribution is 2.24. The summed E-state index contributed by atoms with van der Waals surface area (Å²) in [5, 5.41) is 9.63. The quantitative estimate of drug-likeness (QED) is 0.693. The number of benzene rings is 1. The van der Waals surface area contributed by atoms with Crippen molar-refractivity contribution in [2.75, 3.05) is 11.5 Å². The predicted octanol–water partition coefficient (Wildman–Crippen LogP) is 0.937. The Kier molecular flexibility index (Phi) is 2.59. The van der Waals surface area contributed by atoms with Crippen molar-refractivity contribution < 1.29 is 5.11 Å². The molecule has 0 bridgehead atoms. The molecule has 2 rings (SSSR count). The largest absolute Gasteiger partial charge is 0.508 e. The molecule has 0 aliphatic heterocycles. The molecule has 16 heavy (non-hydrogen) atoms. The summed E-state index contributed by atoms with van der Waals surface area (Å²) < 4.78 is 0. The van der Waals surface area contributed by atoms with Gasteiger partial charge in [-0.25, -0.2) is 9.97 Å². The molecule has 0 saturated carbocycles. The van der Waals surface area contributed by atoms with Crippen LogP contribution < -0.4 is 11.5 Å². The molecule has 1 aromatic carbocycles. The smallest absolute Gasteiger partial charge is 0.132 e. The molecule has 0 fully saturated rings. The van der Waals surface area contributed by atoms with Crippen LogP contribution in [0.5, 0.6) is 5.75 Å². The molecule has 0 spiro atoms. The first kappa shape index (κ1) is 10.2. The van der Waals surface area contributed by atoms with Crippen molar-refractivity contribution in [1.82, 2.24) is 9.97 Å². The molecule has 1 aromatic heterocycles. The SMILES string of the molecule is Nc1ncnc(N)c1Cc1ccccc1O. The standard InChI is InChI=1S/C11H12N4O/c12-10-8(11(13)15-6-14-10)5-7-3-1-2-4-9(7)16/h1-4,6,16H,5H2,(H4,12,13,14,15). The summed E-state index contributed by atoms with van der Waals surface area (Å²) in [6, 6.07) is 7.02. The third-order valence-electron chi connectivity index (χ3n) is 2.37. The van der Waals surface area contributed by atoms with Crippen LogP contribution >= 0.6 is 0 Å². The van der Waals surface area contributed by atoms with Crippen molar-refractivity contribution in [3.05, 3.63) is 41.7 Å². The van der Waals surface area contributed by atoms with Gasteiger partial charge in [-0.1, -0.05) is 18.2 Å². The van der Waals surface area contributed by atoms with Crippen LogP contribution in [0, 0.1) is 0 Å². The number of phenolic OH excluding ortho intramolecular Hbond substituents is 1. The first-order valence-corrected chi connectivity index (χ1v) is 4.80. The molecule has 0 aliphatic rings. The van der Waals surface area contributed by atoms with Crippen LogP contribution in [0.25, 0.3) is 0 Å². The molecular weight excluding hydrogens is 204 g/mol. The van der Waals surface area contributed by atoms with Crippen molar-refractivity contribution >= 4 is 11.6 Å². The number of anilines is 2. The summed E-state index contributed by atoms with van der Waals surface area (Å²) in [6.45, 7) is 0. The van der Waals surface area contributed by atoms with Gasteiger partial charge in [0.1, 0.15) is 23.7 Å². The van der Waals surface area contributed by atoms with Crippen LogP contribution in [-0.2, 0) is 6.42 Å². The Morgan fingerprint density at radius 1 is 1.06 bits per heavy atom. The summed E-state index contributed by atoms with van der Waals surface area (Å²) in [6.07, 6.45) is 1.74. The van der Waals surface area contributed by atoms with Crippen LogP contribution in [0.1, 0.15) is 11.1 Å². The molecule has 5 N–H and O–H groups in total. The van der Waals surface area contributed by atoms with Crippen molar-refractivity contribution in [3.8, 4) is 5.75 Å². The Morgan fingerprint density at radius 3 is 2.31 bits per heavy atom. The van der Waals surface area contributed by atoms with Gasteiger partial charge in [-0.05, 0) is 11.6 Å². The lowest BCUT2D eigenvalue weighted by Gasteiger charge is -2.08. The monoisotopic (exact) mass is 216 g/mol. The molecule has 0 aliphatic carbocycles. The molecule has 0 radical (unpaired) electrons. The number of rotatable bonds is 2. The molecule has 0 unspecified atom stereocenters. The third-order valence-corrected chi connectivity index (χ3v) is 2.37. The minimum absolute atomic E-state index is 0.213. The van der Waals surface area contributed by atoms with Crippen molar-refractivity contribution in [3.63, 3.8) is 0 Å². The topological polar surface area (TPSA) is 98.0 Å². The minimum atomic E-state index is 0.213. The van der Waals surface area contributed by atoms with Gasteiger partial charge in [0.25, 0.3) is 0 Å². The number of hydrogen-bond acceptors (Lipinski definition) is 5. The third kappa shape index (κ3) is 1.88. The summed E-state index contributed by atoms with van der Waals surface area (Å²) in [4.78, 5) is 7.74. The second-order valence-electron chi connectivity index (χ2n) is 3.43. The van der Waals surface area contributed by atoms with Crippen LogP contribution in [0.2, 0.25) is 0 Å². The molecule has 0 atom stereocenters. The van der Waals surface area contributed by atoms with E-state index in [0.717, 1.165) is 5.56 Å². The fraction of sp³-hybridized carbons (Fsp3) is 0.0909. The molecule has 5 nitrogen and oxygen atoms in total. The van der Waals surface area contributed by atoms with Crippen LogP contribution in [-0.4, -0.2) is 15.1 Å². The molecular formula is C11H12N4O. The molecule has 2 aromatic rings. The van der Waals surface area contributed by atoms with Gasteiger partial charge in [-0.3, -0.25) is 0 Å². The van der Waals surface area contributed by atoms with E-state index in [0.29, 0.717) is 23.6 Å². The molecule has 1 heterocycles. The first-order chi connectivity index (χ1) is 7.68. The van der Waals surface area contributed by atoms with E-state index in [1.165, 1.54) is 6.33 Å². The lowest BCUT2D eigenvalue weighted by molar-refractivity contribution is 0.469. The van der Waals surface area contributed by atoms with Gasteiger partial charge < -0.3 is 16.6 Å². The van der Waals surface area contributed by atoms with Gasteiger partial charge in [0.05, 0.1) is 0 Å². The number of nitrogen functional groups attached to an aromatic ring is 2. The highest BCUT2D eigenvalue weighted by molar-refractivity contribution is 5.55. The number of para-hydroxylation sites is 1. The Labute approximate surface area is 92.8 Å². The van der Waals surface area contributed by atoms with E-state index in [2.05, 4.69) is 9.97 Å².